The molecule has 1 aromatic carbocycles. The standard InChI is InChI=1S/C22H21N5O2S/c1-14-18(21(23)28)10-20(27(14)12-15-5-3-7-17(9-15)29-2)19-13-30-22(26-19)25-16-6-4-8-24-11-16/h3-11,13H,12H2,1-2H3,(H2,23,28)(H,25,26). The number of thiazole rings is 1. The second kappa shape index (κ2) is 8.38. The molecule has 4 rings (SSSR count). The molecule has 3 heterocycles. The Morgan fingerprint density at radius 3 is 2.87 bits per heavy atom. The first kappa shape index (κ1) is 19.7. The number of nitrogens with two attached hydrogens (primary N) is 1. The van der Waals surface area contributed by atoms with E-state index < -0.39 is 5.91 Å². The molecule has 0 aliphatic carbocycles. The second-order valence-corrected chi connectivity index (χ2v) is 7.59. The Morgan fingerprint density at radius 2 is 2.13 bits per heavy atom. The molecule has 7 nitrogen and oxygen atoms in total. The number of hydrogen-bond acceptors (Lipinski definition) is 6. The van der Waals surface area contributed by atoms with Gasteiger partial charge in [0, 0.05) is 23.8 Å². The van der Waals surface area contributed by atoms with Crippen molar-refractivity contribution >= 4 is 28.1 Å². The van der Waals surface area contributed by atoms with Crippen molar-refractivity contribution in [3.63, 3.8) is 0 Å². The van der Waals surface area contributed by atoms with Crippen molar-refractivity contribution in [1.82, 2.24) is 14.5 Å². The summed E-state index contributed by atoms with van der Waals surface area (Å²) in [6.45, 7) is 2.46. The van der Waals surface area contributed by atoms with Crippen molar-refractivity contribution in [2.24, 2.45) is 5.73 Å². The summed E-state index contributed by atoms with van der Waals surface area (Å²) < 4.78 is 7.39. The lowest BCUT2D eigenvalue weighted by atomic mass is 10.2. The third-order valence-electron chi connectivity index (χ3n) is 4.79. The van der Waals surface area contributed by atoms with Gasteiger partial charge in [-0.2, -0.15) is 0 Å². The second-order valence-electron chi connectivity index (χ2n) is 6.74. The number of nitrogens with zero attached hydrogens (tertiary/aromatic N) is 3. The van der Waals surface area contributed by atoms with Crippen LogP contribution in [0.4, 0.5) is 10.8 Å². The van der Waals surface area contributed by atoms with Crippen molar-refractivity contribution in [2.75, 3.05) is 12.4 Å². The topological polar surface area (TPSA) is 95.1 Å². The zero-order valence-electron chi connectivity index (χ0n) is 16.6. The van der Waals surface area contributed by atoms with Crippen LogP contribution >= 0.6 is 11.3 Å². The number of nitrogens with one attached hydrogen (secondary N) is 1. The first-order valence-electron chi connectivity index (χ1n) is 9.31. The molecular weight excluding hydrogens is 398 g/mol. The number of rotatable bonds is 7. The summed E-state index contributed by atoms with van der Waals surface area (Å²) in [5.41, 5.74) is 10.4. The molecule has 0 aliphatic heterocycles. The summed E-state index contributed by atoms with van der Waals surface area (Å²) in [6, 6.07) is 13.4. The largest absolute Gasteiger partial charge is 0.497 e. The Kier molecular flexibility index (Phi) is 5.49. The minimum atomic E-state index is -0.456. The van der Waals surface area contributed by atoms with Crippen LogP contribution in [0.5, 0.6) is 5.75 Å². The summed E-state index contributed by atoms with van der Waals surface area (Å²) in [6.07, 6.45) is 3.46. The number of carbonyl (C=O) groups excluding carboxylic acids is 1. The van der Waals surface area contributed by atoms with Crippen molar-refractivity contribution in [3.05, 3.63) is 77.1 Å². The number of aromatic nitrogens is 3. The normalized spacial score (nSPS) is 10.7. The Morgan fingerprint density at radius 1 is 1.27 bits per heavy atom. The highest BCUT2D eigenvalue weighted by atomic mass is 32.1. The first-order chi connectivity index (χ1) is 14.5. The van der Waals surface area contributed by atoms with Crippen LogP contribution < -0.4 is 15.8 Å². The number of amides is 1. The average molecular weight is 420 g/mol. The lowest BCUT2D eigenvalue weighted by Crippen LogP contribution is -2.12. The predicted octanol–water partition coefficient (Wildman–Crippen LogP) is 4.21. The van der Waals surface area contributed by atoms with E-state index in [9.17, 15) is 4.79 Å². The van der Waals surface area contributed by atoms with Crippen molar-refractivity contribution < 1.29 is 9.53 Å². The van der Waals surface area contributed by atoms with Gasteiger partial charge in [-0.1, -0.05) is 12.1 Å². The van der Waals surface area contributed by atoms with Crippen LogP contribution in [0, 0.1) is 6.92 Å². The van der Waals surface area contributed by atoms with E-state index in [1.54, 1.807) is 25.6 Å². The van der Waals surface area contributed by atoms with Crippen LogP contribution in [0.25, 0.3) is 11.4 Å². The highest BCUT2D eigenvalue weighted by molar-refractivity contribution is 7.14. The van der Waals surface area contributed by atoms with E-state index in [0.29, 0.717) is 12.1 Å². The van der Waals surface area contributed by atoms with Crippen LogP contribution in [0.2, 0.25) is 0 Å². The average Bonchev–Trinajstić information content (AvgIpc) is 3.34. The van der Waals surface area contributed by atoms with Crippen molar-refractivity contribution in [1.29, 1.82) is 0 Å². The molecular formula is C22H21N5O2S. The van der Waals surface area contributed by atoms with Gasteiger partial charge in [0.1, 0.15) is 5.75 Å². The van der Waals surface area contributed by atoms with Gasteiger partial charge in [-0.15, -0.1) is 11.3 Å². The molecule has 0 unspecified atom stereocenters. The predicted molar refractivity (Wildman–Crippen MR) is 118 cm³/mol. The monoisotopic (exact) mass is 419 g/mol. The van der Waals surface area contributed by atoms with Crippen LogP contribution in [-0.2, 0) is 6.54 Å². The molecule has 0 atom stereocenters. The summed E-state index contributed by atoms with van der Waals surface area (Å²) >= 11 is 1.48. The number of ether oxygens (including phenoxy) is 1. The van der Waals surface area contributed by atoms with Gasteiger partial charge in [0.25, 0.3) is 5.91 Å². The summed E-state index contributed by atoms with van der Waals surface area (Å²) in [5.74, 6) is 0.327. The molecule has 152 valence electrons. The molecule has 4 aromatic rings. The Hall–Kier alpha value is -3.65. The van der Waals surface area contributed by atoms with Gasteiger partial charge in [0.05, 0.1) is 35.9 Å². The van der Waals surface area contributed by atoms with Gasteiger partial charge in [0.15, 0.2) is 5.13 Å². The Balaban J connectivity index is 1.70. The maximum atomic E-state index is 12.0. The molecule has 30 heavy (non-hydrogen) atoms. The molecule has 1 amide bonds. The van der Waals surface area contributed by atoms with Crippen molar-refractivity contribution in [3.8, 4) is 17.1 Å². The van der Waals surface area contributed by atoms with Crippen molar-refractivity contribution in [2.45, 2.75) is 13.5 Å². The van der Waals surface area contributed by atoms with Gasteiger partial charge in [-0.25, -0.2) is 4.98 Å². The fraction of sp³-hybridized carbons (Fsp3) is 0.136. The van der Waals surface area contributed by atoms with E-state index in [4.69, 9.17) is 15.5 Å². The molecule has 0 saturated carbocycles. The lowest BCUT2D eigenvalue weighted by molar-refractivity contribution is 0.0999. The van der Waals surface area contributed by atoms with E-state index in [0.717, 1.165) is 39.2 Å². The van der Waals surface area contributed by atoms with Gasteiger partial charge in [-0.3, -0.25) is 9.78 Å². The summed E-state index contributed by atoms with van der Waals surface area (Å²) in [4.78, 5) is 20.8. The maximum absolute atomic E-state index is 12.0. The number of benzene rings is 1. The third kappa shape index (κ3) is 4.04. The lowest BCUT2D eigenvalue weighted by Gasteiger charge is -2.12. The molecule has 0 bridgehead atoms. The number of methoxy groups -OCH3 is 1. The van der Waals surface area contributed by atoms with Gasteiger partial charge in [-0.05, 0) is 42.8 Å². The Labute approximate surface area is 178 Å². The minimum absolute atomic E-state index is 0.456. The molecule has 0 radical (unpaired) electrons. The van der Waals surface area contributed by atoms with E-state index in [2.05, 4.69) is 14.9 Å². The molecule has 0 aliphatic rings. The van der Waals surface area contributed by atoms with Crippen LogP contribution in [0.15, 0.2) is 60.2 Å². The molecule has 3 aromatic heterocycles. The summed E-state index contributed by atoms with van der Waals surface area (Å²) in [7, 11) is 1.64. The number of primary amides is 1. The number of anilines is 2. The number of pyridine rings is 1. The smallest absolute Gasteiger partial charge is 0.250 e. The van der Waals surface area contributed by atoms with E-state index in [1.807, 2.05) is 48.7 Å². The van der Waals surface area contributed by atoms with Crippen LogP contribution in [0.1, 0.15) is 21.6 Å². The van der Waals surface area contributed by atoms with E-state index >= 15 is 0 Å². The van der Waals surface area contributed by atoms with Gasteiger partial charge >= 0.3 is 0 Å². The number of carbonyl (C=O) groups is 1. The maximum Gasteiger partial charge on any atom is 0.250 e. The molecule has 3 N–H and O–H groups in total. The fourth-order valence-electron chi connectivity index (χ4n) is 3.27. The zero-order chi connectivity index (χ0) is 21.1. The van der Waals surface area contributed by atoms with Gasteiger partial charge < -0.3 is 20.4 Å². The van der Waals surface area contributed by atoms with E-state index in [1.165, 1.54) is 11.3 Å². The number of hydrogen-bond donors (Lipinski definition) is 2. The highest BCUT2D eigenvalue weighted by Crippen LogP contribution is 2.31. The third-order valence-corrected chi connectivity index (χ3v) is 5.54. The fourth-order valence-corrected chi connectivity index (χ4v) is 4.00. The first-order valence-corrected chi connectivity index (χ1v) is 10.2. The van der Waals surface area contributed by atoms with E-state index in [-0.39, 0.29) is 0 Å². The minimum Gasteiger partial charge on any atom is -0.497 e. The molecule has 8 heteroatoms. The molecule has 0 saturated heterocycles. The summed E-state index contributed by atoms with van der Waals surface area (Å²) in [5, 5.41) is 5.95. The van der Waals surface area contributed by atoms with Crippen LogP contribution in [0.3, 0.4) is 0 Å². The highest BCUT2D eigenvalue weighted by Gasteiger charge is 2.19. The molecule has 0 spiro atoms. The SMILES string of the molecule is COc1cccc(Cn2c(-c3csc(Nc4cccnc4)n3)cc(C(N)=O)c2C)c1. The quantitative estimate of drug-likeness (QED) is 0.468. The Bertz CT molecular complexity index is 1180. The van der Waals surface area contributed by atoms with Gasteiger partial charge in [0.2, 0.25) is 0 Å². The molecule has 0 fully saturated rings. The zero-order valence-corrected chi connectivity index (χ0v) is 17.4. The van der Waals surface area contributed by atoms with Crippen LogP contribution in [-0.4, -0.2) is 27.6 Å².